The molecule has 2 aromatic heterocycles. The summed E-state index contributed by atoms with van der Waals surface area (Å²) in [7, 11) is 0. The highest BCUT2D eigenvalue weighted by Gasteiger charge is 2.19. The van der Waals surface area contributed by atoms with Crippen LogP contribution in [0.4, 0.5) is 0 Å². The molecule has 0 saturated carbocycles. The maximum atomic E-state index is 12.4. The zero-order valence-electron chi connectivity index (χ0n) is 18.3. The molecule has 0 amide bonds. The summed E-state index contributed by atoms with van der Waals surface area (Å²) in [6.07, 6.45) is 0. The highest BCUT2D eigenvalue weighted by Crippen LogP contribution is 2.35. The molecule has 0 bridgehead atoms. The topological polar surface area (TPSA) is 52.1 Å². The van der Waals surface area contributed by atoms with Crippen LogP contribution in [0.25, 0.3) is 41.6 Å². The lowest BCUT2D eigenvalue weighted by atomic mass is 10.1. The van der Waals surface area contributed by atoms with E-state index in [4.69, 9.17) is 14.7 Å². The first-order valence-electron chi connectivity index (χ1n) is 10.4. The molecule has 0 aliphatic rings. The van der Waals surface area contributed by atoms with Gasteiger partial charge in [0.15, 0.2) is 0 Å². The summed E-state index contributed by atoms with van der Waals surface area (Å²) in [6.45, 7) is 7.70. The van der Waals surface area contributed by atoms with Gasteiger partial charge < -0.3 is 4.74 Å². The summed E-state index contributed by atoms with van der Waals surface area (Å²) in [6, 6.07) is 20.2. The van der Waals surface area contributed by atoms with Crippen molar-refractivity contribution in [1.29, 1.82) is 0 Å². The van der Waals surface area contributed by atoms with E-state index >= 15 is 0 Å². The van der Waals surface area contributed by atoms with Crippen LogP contribution in [0.3, 0.4) is 0 Å². The summed E-state index contributed by atoms with van der Waals surface area (Å²) in [5.74, 6) is -0.317. The van der Waals surface area contributed by atoms with Crippen molar-refractivity contribution in [3.63, 3.8) is 0 Å². The number of hydrogen-bond donors (Lipinski definition) is 0. The van der Waals surface area contributed by atoms with Gasteiger partial charge in [0.1, 0.15) is 15.6 Å². The normalized spacial score (nSPS) is 11.9. The maximum absolute atomic E-state index is 12.4. The van der Waals surface area contributed by atoms with Crippen molar-refractivity contribution >= 4 is 49.1 Å². The first-order valence-corrected chi connectivity index (χ1v) is 12.0. The van der Waals surface area contributed by atoms with E-state index < -0.39 is 5.60 Å². The largest absolute Gasteiger partial charge is 0.456 e. The molecule has 0 fully saturated rings. The van der Waals surface area contributed by atoms with Crippen molar-refractivity contribution < 1.29 is 9.53 Å². The number of nitrogens with zero attached hydrogens (tertiary/aromatic N) is 2. The van der Waals surface area contributed by atoms with Crippen LogP contribution in [0, 0.1) is 6.92 Å². The van der Waals surface area contributed by atoms with Gasteiger partial charge in [0, 0.05) is 11.1 Å². The number of hydrogen-bond acceptors (Lipinski definition) is 6. The summed E-state index contributed by atoms with van der Waals surface area (Å²) in [5.41, 5.74) is 5.27. The van der Waals surface area contributed by atoms with Crippen LogP contribution in [0.1, 0.15) is 36.7 Å². The Bertz CT molecular complexity index is 1470. The average Bonchev–Trinajstić information content (AvgIpc) is 3.35. The van der Waals surface area contributed by atoms with Gasteiger partial charge in [-0.25, -0.2) is 14.8 Å². The van der Waals surface area contributed by atoms with E-state index in [2.05, 4.69) is 43.3 Å². The number of carbonyl (C=O) groups excluding carboxylic acids is 1. The SMILES string of the molecule is Cc1ccc2nc(-c3cccc(-c4nc5ccc(C(=O)OC(C)(C)C)cc5s4)c3)sc2c1. The van der Waals surface area contributed by atoms with E-state index in [1.54, 1.807) is 28.7 Å². The molecule has 160 valence electrons. The molecule has 0 saturated heterocycles. The van der Waals surface area contributed by atoms with E-state index in [-0.39, 0.29) is 5.97 Å². The molecule has 0 radical (unpaired) electrons. The fourth-order valence-corrected chi connectivity index (χ4v) is 5.51. The second kappa shape index (κ2) is 7.80. The van der Waals surface area contributed by atoms with Gasteiger partial charge in [0.25, 0.3) is 0 Å². The van der Waals surface area contributed by atoms with E-state index in [0.29, 0.717) is 5.56 Å². The fraction of sp³-hybridized carbons (Fsp3) is 0.192. The Morgan fingerprint density at radius 2 is 1.41 bits per heavy atom. The number of ether oxygens (including phenoxy) is 1. The van der Waals surface area contributed by atoms with Crippen LogP contribution in [0.15, 0.2) is 60.7 Å². The Kier molecular flexibility index (Phi) is 5.07. The number of aromatic nitrogens is 2. The first kappa shape index (κ1) is 20.8. The van der Waals surface area contributed by atoms with E-state index in [0.717, 1.165) is 36.9 Å². The van der Waals surface area contributed by atoms with Crippen LogP contribution in [0.5, 0.6) is 0 Å². The Morgan fingerprint density at radius 3 is 2.03 bits per heavy atom. The molecule has 0 aliphatic heterocycles. The molecular formula is C26H22N2O2S2. The molecule has 6 heteroatoms. The van der Waals surface area contributed by atoms with Crippen LogP contribution in [-0.4, -0.2) is 21.5 Å². The Balaban J connectivity index is 1.49. The quantitative estimate of drug-likeness (QED) is 0.263. The second-order valence-corrected chi connectivity index (χ2v) is 10.8. The molecule has 32 heavy (non-hydrogen) atoms. The molecule has 0 atom stereocenters. The number of thiazole rings is 2. The zero-order valence-corrected chi connectivity index (χ0v) is 19.9. The van der Waals surface area contributed by atoms with Gasteiger partial charge in [-0.1, -0.05) is 24.3 Å². The van der Waals surface area contributed by atoms with Crippen molar-refractivity contribution in [3.8, 4) is 21.1 Å². The van der Waals surface area contributed by atoms with Crippen molar-refractivity contribution in [2.24, 2.45) is 0 Å². The monoisotopic (exact) mass is 458 g/mol. The molecule has 5 rings (SSSR count). The number of esters is 1. The Labute approximate surface area is 194 Å². The zero-order chi connectivity index (χ0) is 22.5. The summed E-state index contributed by atoms with van der Waals surface area (Å²) in [5, 5.41) is 1.92. The van der Waals surface area contributed by atoms with E-state index in [1.165, 1.54) is 10.3 Å². The number of rotatable bonds is 3. The molecular weight excluding hydrogens is 436 g/mol. The van der Waals surface area contributed by atoms with Crippen molar-refractivity contribution in [3.05, 3.63) is 71.8 Å². The molecule has 0 aliphatic carbocycles. The summed E-state index contributed by atoms with van der Waals surface area (Å²) in [4.78, 5) is 22.0. The lowest BCUT2D eigenvalue weighted by molar-refractivity contribution is 0.00697. The van der Waals surface area contributed by atoms with Crippen molar-refractivity contribution in [1.82, 2.24) is 9.97 Å². The number of benzene rings is 3. The lowest BCUT2D eigenvalue weighted by Crippen LogP contribution is -2.23. The van der Waals surface area contributed by atoms with Crippen LogP contribution in [0.2, 0.25) is 0 Å². The van der Waals surface area contributed by atoms with Gasteiger partial charge in [-0.15, -0.1) is 22.7 Å². The van der Waals surface area contributed by atoms with Gasteiger partial charge in [0.2, 0.25) is 0 Å². The predicted octanol–water partition coefficient (Wildman–Crippen LogP) is 7.50. The number of aryl methyl sites for hydroxylation is 1. The molecule has 5 aromatic rings. The molecule has 0 N–H and O–H groups in total. The minimum atomic E-state index is -0.523. The Morgan fingerprint density at radius 1 is 0.812 bits per heavy atom. The smallest absolute Gasteiger partial charge is 0.338 e. The highest BCUT2D eigenvalue weighted by atomic mass is 32.1. The van der Waals surface area contributed by atoms with Gasteiger partial charge in [0.05, 0.1) is 26.0 Å². The van der Waals surface area contributed by atoms with Crippen LogP contribution in [-0.2, 0) is 4.74 Å². The molecule has 0 spiro atoms. The van der Waals surface area contributed by atoms with Gasteiger partial charge in [-0.05, 0) is 69.7 Å². The van der Waals surface area contributed by atoms with Gasteiger partial charge in [-0.2, -0.15) is 0 Å². The van der Waals surface area contributed by atoms with Gasteiger partial charge in [-0.3, -0.25) is 0 Å². The fourth-order valence-electron chi connectivity index (χ4n) is 3.45. The minimum absolute atomic E-state index is 0.317. The second-order valence-electron chi connectivity index (χ2n) is 8.77. The van der Waals surface area contributed by atoms with Gasteiger partial charge >= 0.3 is 5.97 Å². The molecule has 0 unspecified atom stereocenters. The molecule has 2 heterocycles. The Hall–Kier alpha value is -3.09. The van der Waals surface area contributed by atoms with Crippen molar-refractivity contribution in [2.45, 2.75) is 33.3 Å². The van der Waals surface area contributed by atoms with E-state index in [1.807, 2.05) is 39.0 Å². The van der Waals surface area contributed by atoms with Crippen LogP contribution >= 0.6 is 22.7 Å². The lowest BCUT2D eigenvalue weighted by Gasteiger charge is -2.19. The number of fused-ring (bicyclic) bond motifs is 2. The number of carbonyl (C=O) groups is 1. The third kappa shape index (κ3) is 4.16. The maximum Gasteiger partial charge on any atom is 0.338 e. The third-order valence-electron chi connectivity index (χ3n) is 4.92. The third-order valence-corrected chi connectivity index (χ3v) is 7.06. The van der Waals surface area contributed by atoms with Crippen molar-refractivity contribution in [2.75, 3.05) is 0 Å². The molecule has 4 nitrogen and oxygen atoms in total. The first-order chi connectivity index (χ1) is 15.2. The average molecular weight is 459 g/mol. The van der Waals surface area contributed by atoms with Crippen LogP contribution < -0.4 is 0 Å². The predicted molar refractivity (Wildman–Crippen MR) is 134 cm³/mol. The van der Waals surface area contributed by atoms with E-state index in [9.17, 15) is 4.79 Å². The standard InChI is InChI=1S/C26H22N2O2S2/c1-15-8-10-19-21(12-15)31-23(27-19)16-6-5-7-17(13-16)24-28-20-11-9-18(14-22(20)32-24)25(29)30-26(2,3)4/h5-14H,1-4H3. The summed E-state index contributed by atoms with van der Waals surface area (Å²) < 4.78 is 7.66. The highest BCUT2D eigenvalue weighted by molar-refractivity contribution is 7.22. The minimum Gasteiger partial charge on any atom is -0.456 e. The molecule has 3 aromatic carbocycles. The summed E-state index contributed by atoms with van der Waals surface area (Å²) >= 11 is 3.28.